The highest BCUT2D eigenvalue weighted by Crippen LogP contribution is 2.28. The van der Waals surface area contributed by atoms with E-state index in [2.05, 4.69) is 42.6 Å². The van der Waals surface area contributed by atoms with Gasteiger partial charge in [-0.3, -0.25) is 19.8 Å². The van der Waals surface area contributed by atoms with Crippen LogP contribution in [0.2, 0.25) is 0 Å². The Kier molecular flexibility index (Phi) is 5.53. The monoisotopic (exact) mass is 445 g/mol. The molecule has 5 rings (SSSR count). The van der Waals surface area contributed by atoms with Crippen LogP contribution >= 0.6 is 0 Å². The predicted octanol–water partition coefficient (Wildman–Crippen LogP) is 3.88. The van der Waals surface area contributed by atoms with Crippen LogP contribution in [0.5, 0.6) is 0 Å². The summed E-state index contributed by atoms with van der Waals surface area (Å²) < 4.78 is 1.96. The van der Waals surface area contributed by atoms with Gasteiger partial charge in [-0.1, -0.05) is 6.07 Å². The topological polar surface area (TPSA) is 127 Å². The molecule has 2 N–H and O–H groups in total. The van der Waals surface area contributed by atoms with Gasteiger partial charge in [-0.15, -0.1) is 0 Å². The van der Waals surface area contributed by atoms with Crippen molar-refractivity contribution in [1.29, 1.82) is 0 Å². The fourth-order valence-corrected chi connectivity index (χ4v) is 3.94. The quantitative estimate of drug-likeness (QED) is 0.336. The molecule has 11 nitrogen and oxygen atoms in total. The molecule has 0 saturated carbocycles. The summed E-state index contributed by atoms with van der Waals surface area (Å²) in [6.45, 7) is 2.08. The minimum atomic E-state index is -0.507. The van der Waals surface area contributed by atoms with Crippen LogP contribution in [0, 0.1) is 10.1 Å². The van der Waals surface area contributed by atoms with Gasteiger partial charge in [-0.2, -0.15) is 10.1 Å². The molecule has 4 heterocycles. The number of anilines is 4. The van der Waals surface area contributed by atoms with Gasteiger partial charge in [0.2, 0.25) is 11.8 Å². The number of rotatable bonds is 6. The van der Waals surface area contributed by atoms with E-state index in [1.54, 1.807) is 18.5 Å². The van der Waals surface area contributed by atoms with E-state index < -0.39 is 4.92 Å². The Hall–Kier alpha value is -4.12. The molecule has 1 fully saturated rings. The number of pyridine rings is 1. The number of fused-ring (bicyclic) bond motifs is 1. The second-order valence-electron chi connectivity index (χ2n) is 8.09. The van der Waals surface area contributed by atoms with Gasteiger partial charge in [-0.25, -0.2) is 4.98 Å². The van der Waals surface area contributed by atoms with Gasteiger partial charge in [0.15, 0.2) is 0 Å². The summed E-state index contributed by atoms with van der Waals surface area (Å²) in [5.74, 6) is 0.344. The molecular weight excluding hydrogens is 422 g/mol. The molecule has 0 radical (unpaired) electrons. The molecule has 4 aromatic rings. The van der Waals surface area contributed by atoms with Gasteiger partial charge in [0.25, 0.3) is 0 Å². The lowest BCUT2D eigenvalue weighted by atomic mass is 10.1. The van der Waals surface area contributed by atoms with Crippen LogP contribution in [-0.2, 0) is 0 Å². The van der Waals surface area contributed by atoms with Crippen LogP contribution in [0.15, 0.2) is 55.1 Å². The maximum Gasteiger partial charge on any atom is 0.329 e. The molecule has 0 amide bonds. The molecule has 1 aliphatic rings. The van der Waals surface area contributed by atoms with Gasteiger partial charge in [0.1, 0.15) is 6.20 Å². The fraction of sp³-hybridized carbons (Fsp3) is 0.273. The van der Waals surface area contributed by atoms with Crippen molar-refractivity contribution in [3.63, 3.8) is 0 Å². The first-order valence-electron chi connectivity index (χ1n) is 10.7. The zero-order chi connectivity index (χ0) is 22.8. The molecule has 168 valence electrons. The minimum Gasteiger partial charge on any atom is -0.334 e. The number of likely N-dealkylation sites (tertiary alicyclic amines) is 1. The molecule has 0 aliphatic carbocycles. The van der Waals surface area contributed by atoms with E-state index in [0.717, 1.165) is 42.5 Å². The van der Waals surface area contributed by atoms with E-state index in [0.29, 0.717) is 11.7 Å². The molecule has 3 aromatic heterocycles. The van der Waals surface area contributed by atoms with Crippen LogP contribution in [0.4, 0.5) is 28.8 Å². The summed E-state index contributed by atoms with van der Waals surface area (Å²) in [5, 5.41) is 23.1. The normalized spacial score (nSPS) is 14.9. The summed E-state index contributed by atoms with van der Waals surface area (Å²) in [4.78, 5) is 26.1. The van der Waals surface area contributed by atoms with Crippen molar-refractivity contribution in [3.8, 4) is 0 Å². The maximum absolute atomic E-state index is 11.5. The van der Waals surface area contributed by atoms with Crippen molar-refractivity contribution in [2.45, 2.75) is 18.9 Å². The number of piperidine rings is 1. The summed E-state index contributed by atoms with van der Waals surface area (Å²) >= 11 is 0. The first kappa shape index (κ1) is 20.8. The number of hydrogen-bond acceptors (Lipinski definition) is 9. The number of nitrogens with zero attached hydrogens (tertiary/aromatic N) is 7. The van der Waals surface area contributed by atoms with Crippen LogP contribution in [0.1, 0.15) is 18.9 Å². The summed E-state index contributed by atoms with van der Waals surface area (Å²) in [5.41, 5.74) is 2.02. The van der Waals surface area contributed by atoms with Crippen molar-refractivity contribution in [2.75, 3.05) is 30.8 Å². The SMILES string of the molecule is CN1CCC(n2cc(Nc3ncc([N+](=O)[O-])c(Nc4ccc5ncccc5c4)n3)cn2)CC1. The first-order valence-corrected chi connectivity index (χ1v) is 10.7. The van der Waals surface area contributed by atoms with Crippen molar-refractivity contribution >= 4 is 39.7 Å². The lowest BCUT2D eigenvalue weighted by molar-refractivity contribution is -0.384. The highest BCUT2D eigenvalue weighted by molar-refractivity contribution is 5.83. The van der Waals surface area contributed by atoms with Crippen molar-refractivity contribution in [1.82, 2.24) is 29.6 Å². The third-order valence-corrected chi connectivity index (χ3v) is 5.75. The Morgan fingerprint density at radius 1 is 1.09 bits per heavy atom. The highest BCUT2D eigenvalue weighted by atomic mass is 16.6. The van der Waals surface area contributed by atoms with Crippen molar-refractivity contribution < 1.29 is 4.92 Å². The zero-order valence-electron chi connectivity index (χ0n) is 18.0. The molecule has 0 spiro atoms. The largest absolute Gasteiger partial charge is 0.334 e. The maximum atomic E-state index is 11.5. The summed E-state index contributed by atoms with van der Waals surface area (Å²) in [6, 6.07) is 9.65. The van der Waals surface area contributed by atoms with E-state index in [9.17, 15) is 10.1 Å². The number of nitrogens with one attached hydrogen (secondary N) is 2. The van der Waals surface area contributed by atoms with E-state index >= 15 is 0 Å². The fourth-order valence-electron chi connectivity index (χ4n) is 3.94. The molecule has 1 aromatic carbocycles. The smallest absolute Gasteiger partial charge is 0.329 e. The second kappa shape index (κ2) is 8.79. The summed E-state index contributed by atoms with van der Waals surface area (Å²) in [7, 11) is 2.12. The highest BCUT2D eigenvalue weighted by Gasteiger charge is 2.20. The molecule has 1 saturated heterocycles. The Morgan fingerprint density at radius 2 is 1.94 bits per heavy atom. The average molecular weight is 445 g/mol. The molecule has 11 heteroatoms. The van der Waals surface area contributed by atoms with Gasteiger partial charge in [-0.05, 0) is 57.2 Å². The van der Waals surface area contributed by atoms with Gasteiger partial charge in [0, 0.05) is 23.5 Å². The molecule has 0 unspecified atom stereocenters. The standard InChI is InChI=1S/C22H23N9O2/c1-29-9-6-18(7-10-29)30-14-17(12-25-30)27-22-24-13-20(31(32)33)21(28-22)26-16-4-5-19-15(11-16)3-2-8-23-19/h2-5,8,11-14,18H,6-7,9-10H2,1H3,(H2,24,26,27,28). The molecule has 0 bridgehead atoms. The lowest BCUT2D eigenvalue weighted by Gasteiger charge is -2.28. The van der Waals surface area contributed by atoms with Crippen LogP contribution in [-0.4, -0.2) is 54.7 Å². The Balaban J connectivity index is 1.37. The average Bonchev–Trinajstić information content (AvgIpc) is 3.28. The second-order valence-corrected chi connectivity index (χ2v) is 8.09. The van der Waals surface area contributed by atoms with Crippen molar-refractivity contribution in [3.05, 3.63) is 65.2 Å². The van der Waals surface area contributed by atoms with Crippen LogP contribution < -0.4 is 10.6 Å². The summed E-state index contributed by atoms with van der Waals surface area (Å²) in [6.07, 6.45) is 8.64. The van der Waals surface area contributed by atoms with Gasteiger partial charge < -0.3 is 15.5 Å². The van der Waals surface area contributed by atoms with E-state index in [4.69, 9.17) is 0 Å². The third-order valence-electron chi connectivity index (χ3n) is 5.75. The van der Waals surface area contributed by atoms with Gasteiger partial charge in [0.05, 0.1) is 28.4 Å². The van der Waals surface area contributed by atoms with Gasteiger partial charge >= 0.3 is 5.69 Å². The Bertz CT molecular complexity index is 1300. The first-order chi connectivity index (χ1) is 16.0. The Morgan fingerprint density at radius 3 is 2.76 bits per heavy atom. The molecule has 1 aliphatic heterocycles. The Labute approximate surface area is 189 Å². The number of nitro groups is 1. The molecule has 33 heavy (non-hydrogen) atoms. The van der Waals surface area contributed by atoms with Crippen LogP contribution in [0.25, 0.3) is 10.9 Å². The van der Waals surface area contributed by atoms with Crippen molar-refractivity contribution in [2.24, 2.45) is 0 Å². The lowest BCUT2D eigenvalue weighted by Crippen LogP contribution is -2.31. The number of aromatic nitrogens is 5. The minimum absolute atomic E-state index is 0.100. The predicted molar refractivity (Wildman–Crippen MR) is 125 cm³/mol. The zero-order valence-corrected chi connectivity index (χ0v) is 18.0. The van der Waals surface area contributed by atoms with E-state index in [1.807, 2.05) is 35.1 Å². The van der Waals surface area contributed by atoms with E-state index in [-0.39, 0.29) is 17.5 Å². The van der Waals surface area contributed by atoms with E-state index in [1.165, 1.54) is 6.20 Å². The van der Waals surface area contributed by atoms with Crippen LogP contribution in [0.3, 0.4) is 0 Å². The number of hydrogen-bond donors (Lipinski definition) is 2. The third kappa shape index (κ3) is 4.58. The number of benzene rings is 1. The molecule has 0 atom stereocenters. The molecular formula is C22H23N9O2.